The first-order chi connectivity index (χ1) is 9.60. The Bertz CT molecular complexity index is 570. The number of hydrogen-bond acceptors (Lipinski definition) is 3. The Labute approximate surface area is 121 Å². The van der Waals surface area contributed by atoms with E-state index in [1.54, 1.807) is 0 Å². The van der Waals surface area contributed by atoms with Crippen LogP contribution < -0.4 is 10.1 Å². The molecule has 0 amide bonds. The molecular formula is C17H22N2O. The number of nitrogens with zero attached hydrogens (tertiary/aromatic N) is 1. The highest BCUT2D eigenvalue weighted by Crippen LogP contribution is 2.25. The first-order valence-electron chi connectivity index (χ1n) is 6.90. The van der Waals surface area contributed by atoms with Crippen molar-refractivity contribution in [3.05, 3.63) is 58.4 Å². The molecule has 0 spiro atoms. The molecule has 0 saturated heterocycles. The summed E-state index contributed by atoms with van der Waals surface area (Å²) in [6, 6.07) is 10.3. The van der Waals surface area contributed by atoms with Crippen LogP contribution in [0, 0.1) is 20.8 Å². The molecule has 0 saturated carbocycles. The van der Waals surface area contributed by atoms with Crippen LogP contribution in [0.15, 0.2) is 30.3 Å². The topological polar surface area (TPSA) is 34.1 Å². The minimum atomic E-state index is 0.509. The van der Waals surface area contributed by atoms with Gasteiger partial charge in [0.05, 0.1) is 5.69 Å². The van der Waals surface area contributed by atoms with Gasteiger partial charge in [-0.1, -0.05) is 18.2 Å². The van der Waals surface area contributed by atoms with Gasteiger partial charge in [-0.25, -0.2) is 0 Å². The summed E-state index contributed by atoms with van der Waals surface area (Å²) in [5, 5.41) is 3.17. The fraction of sp³-hybridized carbons (Fsp3) is 0.353. The molecule has 1 aromatic heterocycles. The van der Waals surface area contributed by atoms with Gasteiger partial charge in [-0.2, -0.15) is 0 Å². The maximum absolute atomic E-state index is 5.96. The predicted molar refractivity (Wildman–Crippen MR) is 82.0 cm³/mol. The Morgan fingerprint density at radius 1 is 1.10 bits per heavy atom. The Morgan fingerprint density at radius 2 is 1.80 bits per heavy atom. The Balaban J connectivity index is 2.13. The van der Waals surface area contributed by atoms with E-state index < -0.39 is 0 Å². The number of ether oxygens (including phenoxy) is 1. The van der Waals surface area contributed by atoms with Crippen molar-refractivity contribution < 1.29 is 4.74 Å². The smallest absolute Gasteiger partial charge is 0.130 e. The van der Waals surface area contributed by atoms with E-state index in [0.29, 0.717) is 6.61 Å². The number of nitrogens with one attached hydrogen (secondary N) is 1. The van der Waals surface area contributed by atoms with Crippen molar-refractivity contribution in [2.45, 2.75) is 33.9 Å². The van der Waals surface area contributed by atoms with Crippen LogP contribution in [-0.4, -0.2) is 12.0 Å². The van der Waals surface area contributed by atoms with E-state index in [4.69, 9.17) is 4.74 Å². The molecule has 3 nitrogen and oxygen atoms in total. The SMILES string of the molecule is CNCc1cc(C)c(OCc2cccc(C)n2)c(C)c1. The number of aryl methyl sites for hydroxylation is 3. The average molecular weight is 270 g/mol. The monoisotopic (exact) mass is 270 g/mol. The van der Waals surface area contributed by atoms with Gasteiger partial charge < -0.3 is 10.1 Å². The summed E-state index contributed by atoms with van der Waals surface area (Å²) in [5.41, 5.74) is 5.60. The summed E-state index contributed by atoms with van der Waals surface area (Å²) in [6.07, 6.45) is 0. The lowest BCUT2D eigenvalue weighted by Crippen LogP contribution is -2.07. The molecule has 20 heavy (non-hydrogen) atoms. The lowest BCUT2D eigenvalue weighted by atomic mass is 10.1. The van der Waals surface area contributed by atoms with Gasteiger partial charge in [0.15, 0.2) is 0 Å². The third-order valence-corrected chi connectivity index (χ3v) is 3.21. The van der Waals surface area contributed by atoms with Gasteiger partial charge in [-0.15, -0.1) is 0 Å². The van der Waals surface area contributed by atoms with Gasteiger partial charge in [0, 0.05) is 12.2 Å². The third-order valence-electron chi connectivity index (χ3n) is 3.21. The molecule has 0 aliphatic rings. The van der Waals surface area contributed by atoms with Gasteiger partial charge in [0.1, 0.15) is 12.4 Å². The summed E-state index contributed by atoms with van der Waals surface area (Å²) >= 11 is 0. The zero-order valence-electron chi connectivity index (χ0n) is 12.7. The third kappa shape index (κ3) is 3.58. The van der Waals surface area contributed by atoms with Crippen LogP contribution in [0.1, 0.15) is 28.1 Å². The molecule has 0 aliphatic heterocycles. The summed E-state index contributed by atoms with van der Waals surface area (Å²) in [7, 11) is 1.96. The zero-order valence-corrected chi connectivity index (χ0v) is 12.7. The van der Waals surface area contributed by atoms with E-state index in [0.717, 1.165) is 23.7 Å². The van der Waals surface area contributed by atoms with Crippen molar-refractivity contribution in [3.8, 4) is 5.75 Å². The van der Waals surface area contributed by atoms with Crippen molar-refractivity contribution >= 4 is 0 Å². The highest BCUT2D eigenvalue weighted by molar-refractivity contribution is 5.43. The minimum absolute atomic E-state index is 0.509. The largest absolute Gasteiger partial charge is 0.487 e. The van der Waals surface area contributed by atoms with Crippen LogP contribution in [0.5, 0.6) is 5.75 Å². The van der Waals surface area contributed by atoms with Gasteiger partial charge in [-0.05, 0) is 56.6 Å². The second-order valence-corrected chi connectivity index (χ2v) is 5.15. The fourth-order valence-electron chi connectivity index (χ4n) is 2.40. The molecule has 0 fully saturated rings. The molecule has 2 rings (SSSR count). The zero-order chi connectivity index (χ0) is 14.5. The van der Waals surface area contributed by atoms with Crippen molar-refractivity contribution in [2.75, 3.05) is 7.05 Å². The van der Waals surface area contributed by atoms with Gasteiger partial charge in [0.2, 0.25) is 0 Å². The van der Waals surface area contributed by atoms with Crippen LogP contribution in [-0.2, 0) is 13.2 Å². The molecule has 0 aliphatic carbocycles. The molecule has 1 N–H and O–H groups in total. The van der Waals surface area contributed by atoms with Crippen LogP contribution >= 0.6 is 0 Å². The first-order valence-corrected chi connectivity index (χ1v) is 6.90. The van der Waals surface area contributed by atoms with Crippen molar-refractivity contribution in [2.24, 2.45) is 0 Å². The number of hydrogen-bond donors (Lipinski definition) is 1. The van der Waals surface area contributed by atoms with Crippen molar-refractivity contribution in [1.82, 2.24) is 10.3 Å². The van der Waals surface area contributed by atoms with Gasteiger partial charge in [-0.3, -0.25) is 4.98 Å². The number of pyridine rings is 1. The lowest BCUT2D eigenvalue weighted by Gasteiger charge is -2.14. The van der Waals surface area contributed by atoms with Gasteiger partial charge >= 0.3 is 0 Å². The maximum Gasteiger partial charge on any atom is 0.130 e. The van der Waals surface area contributed by atoms with E-state index in [9.17, 15) is 0 Å². The minimum Gasteiger partial charge on any atom is -0.487 e. The van der Waals surface area contributed by atoms with E-state index in [2.05, 4.69) is 36.3 Å². The van der Waals surface area contributed by atoms with Crippen LogP contribution in [0.25, 0.3) is 0 Å². The molecule has 0 radical (unpaired) electrons. The highest BCUT2D eigenvalue weighted by atomic mass is 16.5. The summed E-state index contributed by atoms with van der Waals surface area (Å²) in [4.78, 5) is 4.46. The standard InChI is InChI=1S/C17H22N2O/c1-12-8-15(10-18-4)9-13(2)17(12)20-11-16-7-5-6-14(3)19-16/h5-9,18H,10-11H2,1-4H3. The molecule has 0 atom stereocenters. The molecule has 106 valence electrons. The molecule has 0 bridgehead atoms. The molecule has 3 heteroatoms. The predicted octanol–water partition coefficient (Wildman–Crippen LogP) is 3.31. The quantitative estimate of drug-likeness (QED) is 0.905. The Kier molecular flexibility index (Phi) is 4.74. The normalized spacial score (nSPS) is 10.6. The molecule has 1 aromatic carbocycles. The number of aromatic nitrogens is 1. The molecule has 2 aromatic rings. The summed E-state index contributed by atoms with van der Waals surface area (Å²) in [6.45, 7) is 7.55. The Morgan fingerprint density at radius 3 is 2.40 bits per heavy atom. The van der Waals surface area contributed by atoms with E-state index >= 15 is 0 Å². The van der Waals surface area contributed by atoms with Crippen LogP contribution in [0.3, 0.4) is 0 Å². The summed E-state index contributed by atoms with van der Waals surface area (Å²) in [5.74, 6) is 0.966. The van der Waals surface area contributed by atoms with E-state index in [-0.39, 0.29) is 0 Å². The first kappa shape index (κ1) is 14.5. The number of benzene rings is 1. The second kappa shape index (κ2) is 6.53. The van der Waals surface area contributed by atoms with E-state index in [1.807, 2.05) is 32.2 Å². The van der Waals surface area contributed by atoms with Crippen molar-refractivity contribution in [1.29, 1.82) is 0 Å². The average Bonchev–Trinajstić information content (AvgIpc) is 2.38. The molecule has 1 heterocycles. The lowest BCUT2D eigenvalue weighted by molar-refractivity contribution is 0.297. The van der Waals surface area contributed by atoms with E-state index in [1.165, 1.54) is 16.7 Å². The van der Waals surface area contributed by atoms with Crippen molar-refractivity contribution in [3.63, 3.8) is 0 Å². The maximum atomic E-state index is 5.96. The Hall–Kier alpha value is -1.87. The second-order valence-electron chi connectivity index (χ2n) is 5.15. The molecule has 0 unspecified atom stereocenters. The highest BCUT2D eigenvalue weighted by Gasteiger charge is 2.07. The van der Waals surface area contributed by atoms with Crippen LogP contribution in [0.2, 0.25) is 0 Å². The van der Waals surface area contributed by atoms with Crippen LogP contribution in [0.4, 0.5) is 0 Å². The fourth-order valence-corrected chi connectivity index (χ4v) is 2.40. The number of rotatable bonds is 5. The summed E-state index contributed by atoms with van der Waals surface area (Å²) < 4.78 is 5.96. The molecular weight excluding hydrogens is 248 g/mol. The van der Waals surface area contributed by atoms with Gasteiger partial charge in [0.25, 0.3) is 0 Å².